The molecular weight excluding hydrogens is 320 g/mol. The molecule has 0 bridgehead atoms. The van der Waals surface area contributed by atoms with Crippen LogP contribution < -0.4 is 4.80 Å². The van der Waals surface area contributed by atoms with E-state index in [2.05, 4.69) is 35.1 Å². The lowest BCUT2D eigenvalue weighted by molar-refractivity contribution is 0.0987. The number of nitrogens with zero attached hydrogens (tertiary/aromatic N) is 4. The fourth-order valence-electron chi connectivity index (χ4n) is 2.75. The Hall–Kier alpha value is -2.65. The van der Waals surface area contributed by atoms with Crippen molar-refractivity contribution in [2.75, 3.05) is 0 Å². The number of hydrogen-bond acceptors (Lipinski definition) is 3. The summed E-state index contributed by atoms with van der Waals surface area (Å²) < 4.78 is 4.66. The van der Waals surface area contributed by atoms with Crippen molar-refractivity contribution < 1.29 is 4.79 Å². The van der Waals surface area contributed by atoms with E-state index in [0.717, 1.165) is 21.3 Å². The SMILES string of the molecule is C#CCn1c(=NC(=O)c2ccnn2CC)sc2c(C)cc(C)cc21. The lowest BCUT2D eigenvalue weighted by Crippen LogP contribution is -2.18. The number of carbonyl (C=O) groups excluding carboxylic acids is 1. The van der Waals surface area contributed by atoms with Gasteiger partial charge in [0, 0.05) is 12.7 Å². The van der Waals surface area contributed by atoms with Crippen molar-refractivity contribution in [2.24, 2.45) is 4.99 Å². The van der Waals surface area contributed by atoms with Crippen LogP contribution in [0.4, 0.5) is 0 Å². The summed E-state index contributed by atoms with van der Waals surface area (Å²) in [6.45, 7) is 7.05. The van der Waals surface area contributed by atoms with Crippen molar-refractivity contribution in [2.45, 2.75) is 33.9 Å². The van der Waals surface area contributed by atoms with E-state index in [0.29, 0.717) is 23.6 Å². The monoisotopic (exact) mass is 338 g/mol. The highest BCUT2D eigenvalue weighted by molar-refractivity contribution is 7.16. The molecule has 5 nitrogen and oxygen atoms in total. The van der Waals surface area contributed by atoms with E-state index >= 15 is 0 Å². The highest BCUT2D eigenvalue weighted by Gasteiger charge is 2.13. The molecule has 0 fully saturated rings. The second-order valence-electron chi connectivity index (χ2n) is 5.55. The number of thiazole rings is 1. The third-order valence-corrected chi connectivity index (χ3v) is 5.03. The zero-order valence-electron chi connectivity index (χ0n) is 13.9. The topological polar surface area (TPSA) is 52.2 Å². The predicted octanol–water partition coefficient (Wildman–Crippen LogP) is 2.91. The van der Waals surface area contributed by atoms with Crippen molar-refractivity contribution in [3.63, 3.8) is 0 Å². The van der Waals surface area contributed by atoms with Gasteiger partial charge in [-0.2, -0.15) is 10.1 Å². The van der Waals surface area contributed by atoms with Crippen molar-refractivity contribution >= 4 is 27.5 Å². The van der Waals surface area contributed by atoms with Gasteiger partial charge in [0.15, 0.2) is 4.80 Å². The Morgan fingerprint density at radius 3 is 2.92 bits per heavy atom. The minimum atomic E-state index is -0.305. The Kier molecular flexibility index (Phi) is 4.36. The first-order chi connectivity index (χ1) is 11.5. The minimum Gasteiger partial charge on any atom is -0.305 e. The number of aryl methyl sites for hydroxylation is 3. The predicted molar refractivity (Wildman–Crippen MR) is 95.9 cm³/mol. The quantitative estimate of drug-likeness (QED) is 0.690. The molecule has 0 aliphatic heterocycles. The van der Waals surface area contributed by atoms with Gasteiger partial charge in [0.25, 0.3) is 5.91 Å². The summed E-state index contributed by atoms with van der Waals surface area (Å²) in [6.07, 6.45) is 7.13. The van der Waals surface area contributed by atoms with E-state index in [1.807, 2.05) is 18.4 Å². The fourth-order valence-corrected chi connectivity index (χ4v) is 3.83. The van der Waals surface area contributed by atoms with Gasteiger partial charge in [0.1, 0.15) is 5.69 Å². The Labute approximate surface area is 144 Å². The Balaban J connectivity index is 2.22. The zero-order chi connectivity index (χ0) is 17.3. The summed E-state index contributed by atoms with van der Waals surface area (Å²) >= 11 is 1.49. The van der Waals surface area contributed by atoms with Crippen LogP contribution in [0.15, 0.2) is 29.4 Å². The number of carbonyl (C=O) groups is 1. The third-order valence-electron chi connectivity index (χ3n) is 3.80. The van der Waals surface area contributed by atoms with E-state index in [1.54, 1.807) is 16.9 Å². The molecule has 0 aliphatic rings. The minimum absolute atomic E-state index is 0.305. The van der Waals surface area contributed by atoms with Crippen LogP contribution in [0.2, 0.25) is 0 Å². The highest BCUT2D eigenvalue weighted by Crippen LogP contribution is 2.23. The van der Waals surface area contributed by atoms with E-state index in [4.69, 9.17) is 6.42 Å². The van der Waals surface area contributed by atoms with Crippen molar-refractivity contribution in [1.82, 2.24) is 14.3 Å². The van der Waals surface area contributed by atoms with Crippen LogP contribution in [0.1, 0.15) is 28.5 Å². The van der Waals surface area contributed by atoms with Gasteiger partial charge in [-0.25, -0.2) is 0 Å². The lowest BCUT2D eigenvalue weighted by Gasteiger charge is -2.03. The van der Waals surface area contributed by atoms with Crippen LogP contribution in [0.5, 0.6) is 0 Å². The number of amides is 1. The Morgan fingerprint density at radius 1 is 1.42 bits per heavy atom. The first kappa shape index (κ1) is 16.2. The summed E-state index contributed by atoms with van der Waals surface area (Å²) in [5.41, 5.74) is 3.82. The number of aromatic nitrogens is 3. The van der Waals surface area contributed by atoms with Crippen LogP contribution in [0.3, 0.4) is 0 Å². The normalized spacial score (nSPS) is 11.8. The van der Waals surface area contributed by atoms with E-state index in [9.17, 15) is 4.79 Å². The van der Waals surface area contributed by atoms with Gasteiger partial charge >= 0.3 is 0 Å². The van der Waals surface area contributed by atoms with Gasteiger partial charge in [-0.3, -0.25) is 9.48 Å². The summed E-state index contributed by atoms with van der Waals surface area (Å²) in [7, 11) is 0. The Morgan fingerprint density at radius 2 is 2.21 bits per heavy atom. The smallest absolute Gasteiger partial charge is 0.297 e. The molecule has 0 unspecified atom stereocenters. The van der Waals surface area contributed by atoms with Gasteiger partial charge in [-0.05, 0) is 44.0 Å². The summed E-state index contributed by atoms with van der Waals surface area (Å²) in [6, 6.07) is 5.89. The standard InChI is InChI=1S/C18H18N4OS/c1-5-9-21-15-11-12(3)10-13(4)16(15)24-18(21)20-17(23)14-7-8-19-22(14)6-2/h1,7-8,10-11H,6,9H2,2-4H3. The Bertz CT molecular complexity index is 1030. The molecule has 0 aliphatic carbocycles. The lowest BCUT2D eigenvalue weighted by atomic mass is 10.1. The van der Waals surface area contributed by atoms with Gasteiger partial charge < -0.3 is 4.57 Å². The fraction of sp³-hybridized carbons (Fsp3) is 0.278. The van der Waals surface area contributed by atoms with Crippen LogP contribution in [0, 0.1) is 26.2 Å². The number of rotatable bonds is 3. The highest BCUT2D eigenvalue weighted by atomic mass is 32.1. The van der Waals surface area contributed by atoms with Crippen molar-refractivity contribution in [3.05, 3.63) is 46.0 Å². The molecule has 1 amide bonds. The molecule has 0 saturated carbocycles. The van der Waals surface area contributed by atoms with E-state index in [1.165, 1.54) is 11.3 Å². The van der Waals surface area contributed by atoms with Crippen molar-refractivity contribution in [1.29, 1.82) is 0 Å². The van der Waals surface area contributed by atoms with Crippen LogP contribution in [-0.2, 0) is 13.1 Å². The van der Waals surface area contributed by atoms with Gasteiger partial charge in [-0.15, -0.1) is 6.42 Å². The van der Waals surface area contributed by atoms with E-state index < -0.39 is 0 Å². The molecule has 0 spiro atoms. The van der Waals surface area contributed by atoms with Crippen LogP contribution in [-0.4, -0.2) is 20.3 Å². The maximum Gasteiger partial charge on any atom is 0.297 e. The van der Waals surface area contributed by atoms with Gasteiger partial charge in [-0.1, -0.05) is 23.3 Å². The van der Waals surface area contributed by atoms with Crippen LogP contribution >= 0.6 is 11.3 Å². The zero-order valence-corrected chi connectivity index (χ0v) is 14.7. The maximum absolute atomic E-state index is 12.6. The molecule has 1 aromatic carbocycles. The summed E-state index contributed by atoms with van der Waals surface area (Å²) in [5, 5.41) is 4.12. The molecule has 24 heavy (non-hydrogen) atoms. The molecule has 3 rings (SSSR count). The molecule has 0 atom stereocenters. The molecule has 0 radical (unpaired) electrons. The molecule has 3 aromatic rings. The summed E-state index contributed by atoms with van der Waals surface area (Å²) in [4.78, 5) is 17.5. The third kappa shape index (κ3) is 2.79. The maximum atomic E-state index is 12.6. The van der Waals surface area contributed by atoms with E-state index in [-0.39, 0.29) is 5.91 Å². The first-order valence-electron chi connectivity index (χ1n) is 7.70. The average Bonchev–Trinajstić information content (AvgIpc) is 3.14. The van der Waals surface area contributed by atoms with Gasteiger partial charge in [0.2, 0.25) is 0 Å². The molecule has 122 valence electrons. The van der Waals surface area contributed by atoms with Crippen LogP contribution in [0.25, 0.3) is 10.2 Å². The second kappa shape index (κ2) is 6.46. The molecule has 2 aromatic heterocycles. The molecular formula is C18H18N4OS. The largest absolute Gasteiger partial charge is 0.305 e. The number of hydrogen-bond donors (Lipinski definition) is 0. The van der Waals surface area contributed by atoms with Gasteiger partial charge in [0.05, 0.1) is 16.8 Å². The summed E-state index contributed by atoms with van der Waals surface area (Å²) in [5.74, 6) is 2.35. The number of fused-ring (bicyclic) bond motifs is 1. The molecule has 0 N–H and O–H groups in total. The molecule has 0 saturated heterocycles. The number of terminal acetylenes is 1. The second-order valence-corrected chi connectivity index (χ2v) is 6.53. The number of benzene rings is 1. The molecule has 2 heterocycles. The average molecular weight is 338 g/mol. The van der Waals surface area contributed by atoms with Crippen molar-refractivity contribution in [3.8, 4) is 12.3 Å². The first-order valence-corrected chi connectivity index (χ1v) is 8.51. The molecule has 6 heteroatoms.